The average Bonchev–Trinajstić information content (AvgIpc) is 3.42. The van der Waals surface area contributed by atoms with Gasteiger partial charge in [-0.2, -0.15) is 0 Å². The van der Waals surface area contributed by atoms with Crippen molar-refractivity contribution in [1.29, 1.82) is 0 Å². The maximum Gasteiger partial charge on any atom is 0.289 e. The third kappa shape index (κ3) is 4.45. The van der Waals surface area contributed by atoms with Crippen molar-refractivity contribution in [2.24, 2.45) is 0 Å². The molecule has 27 heavy (non-hydrogen) atoms. The highest BCUT2D eigenvalue weighted by molar-refractivity contribution is 5.91. The molecular weight excluding hydrogens is 344 g/mol. The minimum absolute atomic E-state index is 0.00863. The first kappa shape index (κ1) is 18.3. The van der Waals surface area contributed by atoms with Gasteiger partial charge in [0.05, 0.1) is 25.5 Å². The maximum absolute atomic E-state index is 13.0. The van der Waals surface area contributed by atoms with Crippen LogP contribution in [0.25, 0.3) is 0 Å². The molecule has 0 bridgehead atoms. The van der Waals surface area contributed by atoms with Crippen molar-refractivity contribution in [3.05, 3.63) is 47.8 Å². The van der Waals surface area contributed by atoms with Crippen LogP contribution in [-0.4, -0.2) is 54.1 Å². The van der Waals surface area contributed by atoms with E-state index in [1.54, 1.807) is 18.4 Å². The zero-order valence-electron chi connectivity index (χ0n) is 15.9. The summed E-state index contributed by atoms with van der Waals surface area (Å²) >= 11 is 0. The van der Waals surface area contributed by atoms with Crippen LogP contribution in [-0.2, 0) is 11.3 Å². The number of ether oxygens (including phenoxy) is 1. The van der Waals surface area contributed by atoms with E-state index in [1.807, 2.05) is 24.0 Å². The van der Waals surface area contributed by atoms with E-state index in [4.69, 9.17) is 13.6 Å². The Morgan fingerprint density at radius 2 is 2.11 bits per heavy atom. The smallest absolute Gasteiger partial charge is 0.289 e. The van der Waals surface area contributed by atoms with Crippen LogP contribution in [0.2, 0.25) is 0 Å². The topological polar surface area (TPSA) is 59.1 Å². The molecule has 1 unspecified atom stereocenters. The van der Waals surface area contributed by atoms with Gasteiger partial charge in [-0.1, -0.05) is 12.8 Å². The lowest BCUT2D eigenvalue weighted by molar-refractivity contribution is -0.0486. The van der Waals surface area contributed by atoms with Gasteiger partial charge < -0.3 is 18.5 Å². The summed E-state index contributed by atoms with van der Waals surface area (Å²) in [7, 11) is 0. The SMILES string of the molecule is Cc1ccc(CN2CCOC(CN(C(=O)c3ccco3)C3CCCC3)C2)o1. The lowest BCUT2D eigenvalue weighted by Crippen LogP contribution is -2.50. The summed E-state index contributed by atoms with van der Waals surface area (Å²) in [5, 5.41) is 0. The molecule has 0 radical (unpaired) electrons. The molecule has 6 nitrogen and oxygen atoms in total. The van der Waals surface area contributed by atoms with Crippen LogP contribution < -0.4 is 0 Å². The van der Waals surface area contributed by atoms with E-state index in [2.05, 4.69) is 4.90 Å². The summed E-state index contributed by atoms with van der Waals surface area (Å²) in [6.07, 6.45) is 6.06. The molecule has 0 spiro atoms. The second-order valence-corrected chi connectivity index (χ2v) is 7.61. The minimum Gasteiger partial charge on any atom is -0.465 e. The van der Waals surface area contributed by atoms with Crippen molar-refractivity contribution >= 4 is 5.91 Å². The molecule has 1 aliphatic carbocycles. The molecule has 6 heteroatoms. The van der Waals surface area contributed by atoms with Gasteiger partial charge in [0.1, 0.15) is 11.5 Å². The molecular formula is C21H28N2O4. The number of furan rings is 2. The molecule has 1 atom stereocenters. The van der Waals surface area contributed by atoms with Crippen LogP contribution in [0.15, 0.2) is 39.4 Å². The number of hydrogen-bond donors (Lipinski definition) is 0. The summed E-state index contributed by atoms with van der Waals surface area (Å²) in [6, 6.07) is 7.83. The van der Waals surface area contributed by atoms with Crippen LogP contribution in [0.5, 0.6) is 0 Å². The Balaban J connectivity index is 1.41. The number of aryl methyl sites for hydroxylation is 1. The van der Waals surface area contributed by atoms with Gasteiger partial charge >= 0.3 is 0 Å². The molecule has 146 valence electrons. The second-order valence-electron chi connectivity index (χ2n) is 7.61. The van der Waals surface area contributed by atoms with Crippen molar-refractivity contribution in [3.8, 4) is 0 Å². The number of carbonyl (C=O) groups excluding carboxylic acids is 1. The first-order chi connectivity index (χ1) is 13.2. The van der Waals surface area contributed by atoms with Gasteiger partial charge in [-0.05, 0) is 44.0 Å². The number of carbonyl (C=O) groups is 1. The van der Waals surface area contributed by atoms with E-state index in [1.165, 1.54) is 12.8 Å². The zero-order valence-corrected chi connectivity index (χ0v) is 15.9. The minimum atomic E-state index is -0.0192. The average molecular weight is 372 g/mol. The molecule has 1 saturated carbocycles. The second kappa shape index (κ2) is 8.31. The Labute approximate surface area is 160 Å². The van der Waals surface area contributed by atoms with Crippen LogP contribution in [0.3, 0.4) is 0 Å². The van der Waals surface area contributed by atoms with Gasteiger partial charge in [0, 0.05) is 25.7 Å². The van der Waals surface area contributed by atoms with Crippen molar-refractivity contribution in [3.63, 3.8) is 0 Å². The molecule has 4 rings (SSSR count). The number of amides is 1. The molecule has 1 amide bonds. The lowest BCUT2D eigenvalue weighted by atomic mass is 10.1. The van der Waals surface area contributed by atoms with Crippen molar-refractivity contribution in [1.82, 2.24) is 9.80 Å². The number of morpholine rings is 1. The van der Waals surface area contributed by atoms with Crippen LogP contribution in [0, 0.1) is 6.92 Å². The number of hydrogen-bond acceptors (Lipinski definition) is 5. The van der Waals surface area contributed by atoms with Gasteiger partial charge in [-0.25, -0.2) is 0 Å². The summed E-state index contributed by atoms with van der Waals surface area (Å²) in [5.74, 6) is 2.31. The fourth-order valence-electron chi connectivity index (χ4n) is 4.20. The van der Waals surface area contributed by atoms with Crippen molar-refractivity contribution in [2.75, 3.05) is 26.2 Å². The van der Waals surface area contributed by atoms with Crippen molar-refractivity contribution in [2.45, 2.75) is 51.3 Å². The summed E-state index contributed by atoms with van der Waals surface area (Å²) in [6.45, 7) is 5.71. The molecule has 1 saturated heterocycles. The van der Waals surface area contributed by atoms with Crippen LogP contribution in [0.4, 0.5) is 0 Å². The molecule has 2 fully saturated rings. The zero-order chi connectivity index (χ0) is 18.6. The van der Waals surface area contributed by atoms with Gasteiger partial charge in [0.15, 0.2) is 5.76 Å². The maximum atomic E-state index is 13.0. The summed E-state index contributed by atoms with van der Waals surface area (Å²) < 4.78 is 17.1. The van der Waals surface area contributed by atoms with E-state index in [-0.39, 0.29) is 18.1 Å². The summed E-state index contributed by atoms with van der Waals surface area (Å²) in [5.41, 5.74) is 0. The largest absolute Gasteiger partial charge is 0.465 e. The molecule has 0 N–H and O–H groups in total. The first-order valence-electron chi connectivity index (χ1n) is 9.93. The number of rotatable bonds is 6. The Bertz CT molecular complexity index is 733. The Morgan fingerprint density at radius 3 is 2.81 bits per heavy atom. The van der Waals surface area contributed by atoms with Gasteiger partial charge in [-0.15, -0.1) is 0 Å². The van der Waals surface area contributed by atoms with E-state index < -0.39 is 0 Å². The summed E-state index contributed by atoms with van der Waals surface area (Å²) in [4.78, 5) is 17.3. The molecule has 2 aromatic rings. The standard InChI is InChI=1S/C21H28N2O4/c1-16-8-9-18(27-16)13-22-10-12-25-19(14-22)15-23(17-5-2-3-6-17)21(24)20-7-4-11-26-20/h4,7-9,11,17,19H,2-3,5-6,10,12-15H2,1H3. The quantitative estimate of drug-likeness (QED) is 0.777. The van der Waals surface area contributed by atoms with Gasteiger partial charge in [0.25, 0.3) is 5.91 Å². The molecule has 2 aromatic heterocycles. The number of nitrogens with zero attached hydrogens (tertiary/aromatic N) is 2. The van der Waals surface area contributed by atoms with E-state index >= 15 is 0 Å². The highest BCUT2D eigenvalue weighted by Crippen LogP contribution is 2.26. The fourth-order valence-corrected chi connectivity index (χ4v) is 4.20. The molecule has 1 aliphatic heterocycles. The highest BCUT2D eigenvalue weighted by Gasteiger charge is 2.32. The molecule has 0 aromatic carbocycles. The van der Waals surface area contributed by atoms with Gasteiger partial charge in [0.2, 0.25) is 0 Å². The molecule has 3 heterocycles. The third-order valence-corrected chi connectivity index (χ3v) is 5.56. The van der Waals surface area contributed by atoms with E-state index in [0.717, 1.165) is 44.0 Å². The van der Waals surface area contributed by atoms with Crippen LogP contribution in [0.1, 0.15) is 47.8 Å². The predicted molar refractivity (Wildman–Crippen MR) is 100 cm³/mol. The Kier molecular flexibility index (Phi) is 5.64. The predicted octanol–water partition coefficient (Wildman–Crippen LogP) is 3.47. The lowest BCUT2D eigenvalue weighted by Gasteiger charge is -2.37. The Morgan fingerprint density at radius 1 is 1.26 bits per heavy atom. The normalized spacial score (nSPS) is 21.6. The monoisotopic (exact) mass is 372 g/mol. The third-order valence-electron chi connectivity index (χ3n) is 5.56. The van der Waals surface area contributed by atoms with Gasteiger partial charge in [-0.3, -0.25) is 9.69 Å². The van der Waals surface area contributed by atoms with Crippen LogP contribution >= 0.6 is 0 Å². The van der Waals surface area contributed by atoms with Crippen molar-refractivity contribution < 1.29 is 18.4 Å². The first-order valence-corrected chi connectivity index (χ1v) is 9.93. The Hall–Kier alpha value is -2.05. The van der Waals surface area contributed by atoms with E-state index in [0.29, 0.717) is 18.9 Å². The highest BCUT2D eigenvalue weighted by atomic mass is 16.5. The molecule has 2 aliphatic rings. The van der Waals surface area contributed by atoms with E-state index in [9.17, 15) is 4.79 Å². The fraction of sp³-hybridized carbons (Fsp3) is 0.571.